The molecule has 1 aliphatic heterocycles. The van der Waals surface area contributed by atoms with Crippen LogP contribution in [0.2, 0.25) is 5.02 Å². The maximum Gasteiger partial charge on any atom is 0.257 e. The molecule has 2 aliphatic rings. The molecule has 0 saturated heterocycles. The number of hydrogen-bond donors (Lipinski definition) is 2. The number of ketones is 1. The van der Waals surface area contributed by atoms with E-state index in [0.717, 1.165) is 35.2 Å². The fourth-order valence-electron chi connectivity index (χ4n) is 4.33. The van der Waals surface area contributed by atoms with Gasteiger partial charge in [0.15, 0.2) is 10.9 Å². The first kappa shape index (κ1) is 21.0. The van der Waals surface area contributed by atoms with Crippen LogP contribution in [0.15, 0.2) is 69.8 Å². The van der Waals surface area contributed by atoms with E-state index in [2.05, 4.69) is 10.3 Å². The number of halogens is 1. The van der Waals surface area contributed by atoms with Gasteiger partial charge in [0.1, 0.15) is 5.82 Å². The Morgan fingerprint density at radius 3 is 2.56 bits per heavy atom. The van der Waals surface area contributed by atoms with Crippen LogP contribution in [0.5, 0.6) is 0 Å². The number of hydrogen-bond acceptors (Lipinski definition) is 5. The molecule has 0 saturated carbocycles. The van der Waals surface area contributed by atoms with Crippen LogP contribution in [0.1, 0.15) is 47.4 Å². The zero-order valence-corrected chi connectivity index (χ0v) is 19.1. The molecule has 0 amide bonds. The lowest BCUT2D eigenvalue weighted by atomic mass is 9.76. The molecule has 5 rings (SSSR count). The number of carbonyl (C=O) groups is 1. The average molecular weight is 464 g/mol. The second-order valence-electron chi connectivity index (χ2n) is 8.19. The standard InChI is InChI=1S/C25H22ClN3O2S/c1-14-5-9-16(10-6-14)20-21-18(3-2-4-19(21)30)27-23-22(20)24(31)29-25(28-23)32-13-15-7-11-17(26)12-8-15/h5-12,20H,2-4,13H2,1H3,(H2,27,28,29,31)/t20-/m1/s1. The fourth-order valence-corrected chi connectivity index (χ4v) is 5.28. The number of thioether (sulfide) groups is 1. The molecule has 1 atom stereocenters. The molecule has 162 valence electrons. The molecule has 2 aromatic carbocycles. The third kappa shape index (κ3) is 4.00. The zero-order valence-electron chi connectivity index (χ0n) is 17.6. The predicted octanol–water partition coefficient (Wildman–Crippen LogP) is 5.59. The third-order valence-corrected chi connectivity index (χ3v) is 7.13. The van der Waals surface area contributed by atoms with Gasteiger partial charge in [-0.25, -0.2) is 4.98 Å². The van der Waals surface area contributed by atoms with Gasteiger partial charge in [0.25, 0.3) is 5.56 Å². The summed E-state index contributed by atoms with van der Waals surface area (Å²) in [6, 6.07) is 15.7. The first-order valence-corrected chi connectivity index (χ1v) is 12.0. The van der Waals surface area contributed by atoms with E-state index >= 15 is 0 Å². The number of carbonyl (C=O) groups excluding carboxylic acids is 1. The highest BCUT2D eigenvalue weighted by molar-refractivity contribution is 7.98. The van der Waals surface area contributed by atoms with Crippen molar-refractivity contribution in [1.82, 2.24) is 9.97 Å². The Bertz CT molecular complexity index is 1280. The van der Waals surface area contributed by atoms with E-state index in [4.69, 9.17) is 16.6 Å². The summed E-state index contributed by atoms with van der Waals surface area (Å²) in [7, 11) is 0. The highest BCUT2D eigenvalue weighted by atomic mass is 35.5. The molecular weight excluding hydrogens is 442 g/mol. The minimum absolute atomic E-state index is 0.107. The summed E-state index contributed by atoms with van der Waals surface area (Å²) in [4.78, 5) is 33.9. The Balaban J connectivity index is 1.54. The van der Waals surface area contributed by atoms with Crippen LogP contribution in [0.4, 0.5) is 5.82 Å². The van der Waals surface area contributed by atoms with Gasteiger partial charge in [-0.15, -0.1) is 0 Å². The Morgan fingerprint density at radius 1 is 1.06 bits per heavy atom. The molecule has 32 heavy (non-hydrogen) atoms. The van der Waals surface area contributed by atoms with Crippen molar-refractivity contribution >= 4 is 35.0 Å². The lowest BCUT2D eigenvalue weighted by Gasteiger charge is -2.32. The number of benzene rings is 2. The number of fused-ring (bicyclic) bond motifs is 1. The number of allylic oxidation sites excluding steroid dienone is 2. The first-order valence-electron chi connectivity index (χ1n) is 10.6. The van der Waals surface area contributed by atoms with Gasteiger partial charge < -0.3 is 10.3 Å². The van der Waals surface area contributed by atoms with Crippen LogP contribution < -0.4 is 10.9 Å². The van der Waals surface area contributed by atoms with Crippen LogP contribution in [0, 0.1) is 6.92 Å². The van der Waals surface area contributed by atoms with Crippen LogP contribution in [0.3, 0.4) is 0 Å². The van der Waals surface area contributed by atoms with Crippen molar-refractivity contribution in [3.63, 3.8) is 0 Å². The Hall–Kier alpha value is -2.83. The second-order valence-corrected chi connectivity index (χ2v) is 9.59. The van der Waals surface area contributed by atoms with Crippen molar-refractivity contribution in [2.24, 2.45) is 0 Å². The summed E-state index contributed by atoms with van der Waals surface area (Å²) in [6.07, 6.45) is 2.10. The molecule has 5 nitrogen and oxygen atoms in total. The molecule has 0 bridgehead atoms. The van der Waals surface area contributed by atoms with Gasteiger partial charge in [-0.1, -0.05) is 65.3 Å². The van der Waals surface area contributed by atoms with Gasteiger partial charge in [0.05, 0.1) is 5.56 Å². The van der Waals surface area contributed by atoms with E-state index < -0.39 is 5.92 Å². The number of aromatic nitrogens is 2. The minimum atomic E-state index is -0.402. The van der Waals surface area contributed by atoms with Crippen molar-refractivity contribution in [2.45, 2.75) is 43.0 Å². The number of aromatic amines is 1. The van der Waals surface area contributed by atoms with Gasteiger partial charge in [-0.3, -0.25) is 9.59 Å². The van der Waals surface area contributed by atoms with Crippen LogP contribution in [0.25, 0.3) is 0 Å². The molecule has 0 fully saturated rings. The van der Waals surface area contributed by atoms with Gasteiger partial charge >= 0.3 is 0 Å². The zero-order chi connectivity index (χ0) is 22.2. The molecule has 7 heteroatoms. The van der Waals surface area contributed by atoms with Gasteiger partial charge in [-0.05, 0) is 43.0 Å². The topological polar surface area (TPSA) is 74.8 Å². The quantitative estimate of drug-likeness (QED) is 0.389. The van der Waals surface area contributed by atoms with E-state index in [1.807, 2.05) is 55.5 Å². The van der Waals surface area contributed by atoms with Crippen LogP contribution in [-0.2, 0) is 10.5 Å². The highest BCUT2D eigenvalue weighted by Gasteiger charge is 2.37. The van der Waals surface area contributed by atoms with Crippen LogP contribution in [-0.4, -0.2) is 15.8 Å². The molecule has 2 N–H and O–H groups in total. The van der Waals surface area contributed by atoms with Crippen molar-refractivity contribution in [3.05, 3.63) is 97.4 Å². The molecule has 1 aromatic heterocycles. The van der Waals surface area contributed by atoms with Gasteiger partial charge in [0.2, 0.25) is 0 Å². The molecular formula is C25H22ClN3O2S. The monoisotopic (exact) mass is 463 g/mol. The smallest absolute Gasteiger partial charge is 0.257 e. The number of nitrogens with zero attached hydrogens (tertiary/aromatic N) is 1. The molecule has 0 radical (unpaired) electrons. The van der Waals surface area contributed by atoms with Crippen molar-refractivity contribution < 1.29 is 4.79 Å². The van der Waals surface area contributed by atoms with E-state index in [1.165, 1.54) is 11.8 Å². The lowest BCUT2D eigenvalue weighted by Crippen LogP contribution is -2.32. The maximum absolute atomic E-state index is 13.3. The summed E-state index contributed by atoms with van der Waals surface area (Å²) >= 11 is 7.43. The number of H-pyrrole nitrogens is 1. The molecule has 3 aromatic rings. The van der Waals surface area contributed by atoms with Crippen molar-refractivity contribution in [2.75, 3.05) is 5.32 Å². The first-order chi connectivity index (χ1) is 15.5. The number of rotatable bonds is 4. The van der Waals surface area contributed by atoms with E-state index in [1.54, 1.807) is 0 Å². The average Bonchev–Trinajstić information content (AvgIpc) is 2.78. The Morgan fingerprint density at radius 2 is 1.81 bits per heavy atom. The molecule has 0 unspecified atom stereocenters. The summed E-state index contributed by atoms with van der Waals surface area (Å²) in [5.41, 5.74) is 5.07. The molecule has 1 aliphatic carbocycles. The van der Waals surface area contributed by atoms with Crippen LogP contribution >= 0.6 is 23.4 Å². The summed E-state index contributed by atoms with van der Waals surface area (Å²) < 4.78 is 0. The highest BCUT2D eigenvalue weighted by Crippen LogP contribution is 2.43. The SMILES string of the molecule is Cc1ccc([C@@H]2C3=C(CCCC3=O)Nc3nc(SCc4ccc(Cl)cc4)[nH]c(=O)c32)cc1. The third-order valence-electron chi connectivity index (χ3n) is 5.94. The molecule has 2 heterocycles. The largest absolute Gasteiger partial charge is 0.343 e. The normalized spacial score (nSPS) is 17.6. The van der Waals surface area contributed by atoms with E-state index in [0.29, 0.717) is 39.3 Å². The van der Waals surface area contributed by atoms with E-state index in [9.17, 15) is 9.59 Å². The van der Waals surface area contributed by atoms with E-state index in [-0.39, 0.29) is 11.3 Å². The fraction of sp³-hybridized carbons (Fsp3) is 0.240. The second kappa shape index (κ2) is 8.60. The summed E-state index contributed by atoms with van der Waals surface area (Å²) in [5, 5.41) is 4.56. The van der Waals surface area contributed by atoms with Crippen molar-refractivity contribution in [1.29, 1.82) is 0 Å². The predicted molar refractivity (Wildman–Crippen MR) is 128 cm³/mol. The van der Waals surface area contributed by atoms with Crippen molar-refractivity contribution in [3.8, 4) is 0 Å². The summed E-state index contributed by atoms with van der Waals surface area (Å²) in [5.74, 6) is 0.912. The number of anilines is 1. The Kier molecular flexibility index (Phi) is 5.66. The van der Waals surface area contributed by atoms with Gasteiger partial charge in [0, 0.05) is 34.4 Å². The number of Topliss-reactive ketones (excluding diaryl/α,β-unsaturated/α-hetero) is 1. The Labute approximate surface area is 195 Å². The lowest BCUT2D eigenvalue weighted by molar-refractivity contribution is -0.116. The van der Waals surface area contributed by atoms with Gasteiger partial charge in [-0.2, -0.15) is 0 Å². The minimum Gasteiger partial charge on any atom is -0.343 e. The maximum atomic E-state index is 13.3. The summed E-state index contributed by atoms with van der Waals surface area (Å²) in [6.45, 7) is 2.02. The number of aryl methyl sites for hydroxylation is 1. The molecule has 0 spiro atoms. The number of nitrogens with one attached hydrogen (secondary N) is 2.